The minimum absolute atomic E-state index is 0. The Hall–Kier alpha value is 0.210. The zero-order chi connectivity index (χ0) is 5.70. The summed E-state index contributed by atoms with van der Waals surface area (Å²) in [5.41, 5.74) is 0. The molecule has 0 atom stereocenters. The number of hydrogen-bond acceptors (Lipinski definition) is 1. The van der Waals surface area contributed by atoms with E-state index in [9.17, 15) is 4.79 Å². The van der Waals surface area contributed by atoms with Crippen LogP contribution >= 0.6 is 0 Å². The van der Waals surface area contributed by atoms with Gasteiger partial charge in [-0.05, 0) is 6.42 Å². The minimum atomic E-state index is -0.873. The second-order valence-corrected chi connectivity index (χ2v) is 1.15. The van der Waals surface area contributed by atoms with Crippen LogP contribution in [0.25, 0.3) is 0 Å². The molecule has 3 heteroatoms. The Morgan fingerprint density at radius 1 is 1.75 bits per heavy atom. The standard InChI is InChI=1S/C5H8O2.Na/c1-2-3-4-5(6)7;/h3-4H,2H2,1H3,(H,6,7);. The predicted molar refractivity (Wildman–Crippen MR) is 32.8 cm³/mol. The maximum Gasteiger partial charge on any atom is 0.327 e. The summed E-state index contributed by atoms with van der Waals surface area (Å²) in [5.74, 6) is -0.873. The fourth-order valence-corrected chi connectivity index (χ4v) is 0.219. The van der Waals surface area contributed by atoms with Gasteiger partial charge in [-0.25, -0.2) is 4.79 Å². The summed E-state index contributed by atoms with van der Waals surface area (Å²) in [6.07, 6.45) is 3.52. The molecule has 1 N–H and O–H groups in total. The first-order chi connectivity index (χ1) is 3.27. The Bertz CT molecular complexity index is 88.4. The van der Waals surface area contributed by atoms with Gasteiger partial charge in [-0.2, -0.15) is 0 Å². The molecule has 8 heavy (non-hydrogen) atoms. The first-order valence-corrected chi connectivity index (χ1v) is 2.17. The van der Waals surface area contributed by atoms with Crippen LogP contribution in [0.15, 0.2) is 12.2 Å². The molecule has 0 saturated carbocycles. The molecular formula is C5H8NaO2. The van der Waals surface area contributed by atoms with Crippen molar-refractivity contribution in [2.75, 3.05) is 0 Å². The third kappa shape index (κ3) is 9.51. The van der Waals surface area contributed by atoms with E-state index < -0.39 is 5.97 Å². The quantitative estimate of drug-likeness (QED) is 0.432. The fourth-order valence-electron chi connectivity index (χ4n) is 0.219. The van der Waals surface area contributed by atoms with Crippen molar-refractivity contribution in [3.8, 4) is 0 Å². The van der Waals surface area contributed by atoms with Crippen molar-refractivity contribution < 1.29 is 9.90 Å². The number of hydrogen-bond donors (Lipinski definition) is 1. The van der Waals surface area contributed by atoms with Crippen LogP contribution < -0.4 is 0 Å². The van der Waals surface area contributed by atoms with Crippen molar-refractivity contribution in [2.45, 2.75) is 13.3 Å². The molecule has 0 spiro atoms. The summed E-state index contributed by atoms with van der Waals surface area (Å²) in [7, 11) is 0. The van der Waals surface area contributed by atoms with Crippen LogP contribution in [0.5, 0.6) is 0 Å². The summed E-state index contributed by atoms with van der Waals surface area (Å²) in [6, 6.07) is 0. The zero-order valence-electron chi connectivity index (χ0n) is 5.22. The Morgan fingerprint density at radius 3 is 2.38 bits per heavy atom. The normalized spacial score (nSPS) is 8.62. The Balaban J connectivity index is 0. The van der Waals surface area contributed by atoms with E-state index in [2.05, 4.69) is 0 Å². The number of aliphatic carboxylic acids is 1. The molecule has 0 amide bonds. The summed E-state index contributed by atoms with van der Waals surface area (Å²) in [4.78, 5) is 9.67. The molecule has 0 aliphatic heterocycles. The molecule has 0 fully saturated rings. The Labute approximate surface area is 70.9 Å². The first-order valence-electron chi connectivity index (χ1n) is 2.17. The van der Waals surface area contributed by atoms with Crippen molar-refractivity contribution in [1.82, 2.24) is 0 Å². The average Bonchev–Trinajstić information content (AvgIpc) is 1.61. The molecule has 2 nitrogen and oxygen atoms in total. The van der Waals surface area contributed by atoms with Crippen molar-refractivity contribution in [1.29, 1.82) is 0 Å². The fraction of sp³-hybridized carbons (Fsp3) is 0.400. The minimum Gasteiger partial charge on any atom is -0.478 e. The van der Waals surface area contributed by atoms with Crippen LogP contribution in [-0.2, 0) is 4.79 Å². The largest absolute Gasteiger partial charge is 0.478 e. The smallest absolute Gasteiger partial charge is 0.327 e. The van der Waals surface area contributed by atoms with Gasteiger partial charge in [0, 0.05) is 35.6 Å². The number of allylic oxidation sites excluding steroid dienone is 1. The molecule has 0 aliphatic rings. The van der Waals surface area contributed by atoms with E-state index in [1.807, 2.05) is 6.92 Å². The average molecular weight is 123 g/mol. The number of carboxylic acid groups (broad SMARTS) is 1. The second kappa shape index (κ2) is 7.21. The summed E-state index contributed by atoms with van der Waals surface area (Å²) in [5, 5.41) is 7.96. The summed E-state index contributed by atoms with van der Waals surface area (Å²) in [6.45, 7) is 1.89. The van der Waals surface area contributed by atoms with E-state index in [1.165, 1.54) is 0 Å². The number of carboxylic acids is 1. The molecule has 0 aliphatic carbocycles. The van der Waals surface area contributed by atoms with Crippen LogP contribution in [-0.4, -0.2) is 40.6 Å². The third-order valence-electron chi connectivity index (χ3n) is 0.496. The molecule has 0 saturated heterocycles. The van der Waals surface area contributed by atoms with Crippen LogP contribution in [0.1, 0.15) is 13.3 Å². The Morgan fingerprint density at radius 2 is 2.25 bits per heavy atom. The predicted octanol–water partition coefficient (Wildman–Crippen LogP) is 0.656. The van der Waals surface area contributed by atoms with Gasteiger partial charge in [0.2, 0.25) is 0 Å². The molecule has 0 unspecified atom stereocenters. The van der Waals surface area contributed by atoms with E-state index in [0.717, 1.165) is 12.5 Å². The van der Waals surface area contributed by atoms with Gasteiger partial charge in [0.15, 0.2) is 0 Å². The van der Waals surface area contributed by atoms with Gasteiger partial charge < -0.3 is 5.11 Å². The molecule has 0 aromatic carbocycles. The maximum absolute atomic E-state index is 9.67. The van der Waals surface area contributed by atoms with Crippen LogP contribution in [0, 0.1) is 0 Å². The van der Waals surface area contributed by atoms with Crippen LogP contribution in [0.3, 0.4) is 0 Å². The summed E-state index contributed by atoms with van der Waals surface area (Å²) >= 11 is 0. The van der Waals surface area contributed by atoms with Crippen molar-refractivity contribution in [3.05, 3.63) is 12.2 Å². The number of rotatable bonds is 2. The van der Waals surface area contributed by atoms with Gasteiger partial charge >= 0.3 is 5.97 Å². The van der Waals surface area contributed by atoms with E-state index in [-0.39, 0.29) is 29.6 Å². The van der Waals surface area contributed by atoms with Crippen molar-refractivity contribution in [3.63, 3.8) is 0 Å². The maximum atomic E-state index is 9.67. The van der Waals surface area contributed by atoms with Crippen molar-refractivity contribution >= 4 is 35.5 Å². The van der Waals surface area contributed by atoms with Crippen molar-refractivity contribution in [2.24, 2.45) is 0 Å². The van der Waals surface area contributed by atoms with Gasteiger partial charge in [-0.15, -0.1) is 0 Å². The Kier molecular flexibility index (Phi) is 9.97. The molecule has 0 bridgehead atoms. The first kappa shape index (κ1) is 11.1. The van der Waals surface area contributed by atoms with E-state index >= 15 is 0 Å². The van der Waals surface area contributed by atoms with Gasteiger partial charge in [-0.3, -0.25) is 0 Å². The zero-order valence-corrected chi connectivity index (χ0v) is 7.22. The van der Waals surface area contributed by atoms with Crippen LogP contribution in [0.2, 0.25) is 0 Å². The topological polar surface area (TPSA) is 37.3 Å². The van der Waals surface area contributed by atoms with E-state index in [0.29, 0.717) is 0 Å². The molecular weight excluding hydrogens is 115 g/mol. The van der Waals surface area contributed by atoms with Gasteiger partial charge in [0.25, 0.3) is 0 Å². The van der Waals surface area contributed by atoms with Crippen LogP contribution in [0.4, 0.5) is 0 Å². The second-order valence-electron chi connectivity index (χ2n) is 1.15. The molecule has 1 radical (unpaired) electrons. The number of carbonyl (C=O) groups is 1. The van der Waals surface area contributed by atoms with Gasteiger partial charge in [-0.1, -0.05) is 13.0 Å². The summed E-state index contributed by atoms with van der Waals surface area (Å²) < 4.78 is 0. The van der Waals surface area contributed by atoms with Gasteiger partial charge in [0.05, 0.1) is 0 Å². The molecule has 0 aromatic rings. The van der Waals surface area contributed by atoms with E-state index in [1.54, 1.807) is 6.08 Å². The SMILES string of the molecule is CCC=CC(=O)O.[Na]. The molecule has 0 aromatic heterocycles. The molecule has 0 heterocycles. The molecule has 0 rings (SSSR count). The monoisotopic (exact) mass is 123 g/mol. The van der Waals surface area contributed by atoms with E-state index in [4.69, 9.17) is 5.11 Å². The molecule has 41 valence electrons. The van der Waals surface area contributed by atoms with Gasteiger partial charge in [0.1, 0.15) is 0 Å². The third-order valence-corrected chi connectivity index (χ3v) is 0.496.